The van der Waals surface area contributed by atoms with Crippen LogP contribution in [0.25, 0.3) is 0 Å². The van der Waals surface area contributed by atoms with Crippen molar-refractivity contribution in [1.29, 1.82) is 0 Å². The Labute approximate surface area is 109 Å². The van der Waals surface area contributed by atoms with E-state index in [4.69, 9.17) is 0 Å². The summed E-state index contributed by atoms with van der Waals surface area (Å²) in [6.45, 7) is 5.04. The number of hydrogen-bond acceptors (Lipinski definition) is 4. The van der Waals surface area contributed by atoms with Crippen LogP contribution in [0.3, 0.4) is 0 Å². The predicted molar refractivity (Wildman–Crippen MR) is 71.8 cm³/mol. The van der Waals surface area contributed by atoms with Crippen LogP contribution >= 0.6 is 27.7 Å². The summed E-state index contributed by atoms with van der Waals surface area (Å²) in [6.07, 6.45) is 1.78. The normalized spacial score (nSPS) is 14.8. The molecule has 1 aromatic rings. The van der Waals surface area contributed by atoms with Gasteiger partial charge in [0.2, 0.25) is 0 Å². The van der Waals surface area contributed by atoms with E-state index < -0.39 is 0 Å². The second-order valence-corrected chi connectivity index (χ2v) is 5.76. The third-order valence-corrected chi connectivity index (χ3v) is 3.98. The highest BCUT2D eigenvalue weighted by Crippen LogP contribution is 2.21. The molecule has 0 spiro atoms. The van der Waals surface area contributed by atoms with Crippen LogP contribution in [0.15, 0.2) is 27.8 Å². The molecule has 0 aliphatic rings. The zero-order valence-corrected chi connectivity index (χ0v) is 11.9. The maximum Gasteiger partial charge on any atom is 0.0961 e. The van der Waals surface area contributed by atoms with Gasteiger partial charge in [-0.3, -0.25) is 0 Å². The summed E-state index contributed by atoms with van der Waals surface area (Å²) < 4.78 is 0.980. The smallest absolute Gasteiger partial charge is 0.0961 e. The molecule has 5 heteroatoms. The van der Waals surface area contributed by atoms with Crippen LogP contribution in [0, 0.1) is 0 Å². The number of thioether (sulfide) groups is 1. The Hall–Kier alpha value is -0.100. The minimum Gasteiger partial charge on any atom is -0.394 e. The van der Waals surface area contributed by atoms with Gasteiger partial charge in [-0.25, -0.2) is 4.98 Å². The number of aliphatic hydroxyl groups is 1. The van der Waals surface area contributed by atoms with Crippen LogP contribution in [0.5, 0.6) is 0 Å². The van der Waals surface area contributed by atoms with Gasteiger partial charge < -0.3 is 10.4 Å². The third kappa shape index (κ3) is 4.41. The van der Waals surface area contributed by atoms with Gasteiger partial charge in [-0.15, -0.1) is 11.8 Å². The minimum atomic E-state index is -0.242. The average Bonchev–Trinajstić information content (AvgIpc) is 2.29. The lowest BCUT2D eigenvalue weighted by atomic mass is 10.1. The molecular weight excluding hydrogens is 288 g/mol. The summed E-state index contributed by atoms with van der Waals surface area (Å²) in [5.41, 5.74) is -0.242. The maximum absolute atomic E-state index is 9.33. The Morgan fingerprint density at radius 2 is 2.31 bits per heavy atom. The van der Waals surface area contributed by atoms with Gasteiger partial charge in [-0.1, -0.05) is 6.92 Å². The van der Waals surface area contributed by atoms with Gasteiger partial charge in [0.15, 0.2) is 0 Å². The number of aliphatic hydroxyl groups excluding tert-OH is 1. The summed E-state index contributed by atoms with van der Waals surface area (Å²) in [6, 6.07) is 3.94. The second kappa shape index (κ2) is 6.59. The minimum absolute atomic E-state index is 0.129. The van der Waals surface area contributed by atoms with Crippen molar-refractivity contribution in [2.45, 2.75) is 24.4 Å². The second-order valence-electron chi connectivity index (χ2n) is 3.85. The maximum atomic E-state index is 9.33. The number of nitrogens with one attached hydrogen (secondary N) is 1. The number of nitrogens with zero attached hydrogens (tertiary/aromatic N) is 1. The lowest BCUT2D eigenvalue weighted by molar-refractivity contribution is 0.194. The van der Waals surface area contributed by atoms with Gasteiger partial charge in [0.05, 0.1) is 11.6 Å². The summed E-state index contributed by atoms with van der Waals surface area (Å²) in [4.78, 5) is 4.28. The van der Waals surface area contributed by atoms with E-state index in [2.05, 4.69) is 26.2 Å². The first kappa shape index (κ1) is 14.0. The van der Waals surface area contributed by atoms with Gasteiger partial charge in [-0.05, 0) is 41.5 Å². The molecule has 0 bridgehead atoms. The van der Waals surface area contributed by atoms with E-state index in [-0.39, 0.29) is 12.1 Å². The van der Waals surface area contributed by atoms with Crippen LogP contribution in [-0.2, 0) is 0 Å². The lowest BCUT2D eigenvalue weighted by Gasteiger charge is -2.27. The fraction of sp³-hybridized carbons (Fsp3) is 0.545. The molecule has 0 saturated carbocycles. The molecule has 0 fully saturated rings. The van der Waals surface area contributed by atoms with Crippen molar-refractivity contribution in [1.82, 2.24) is 10.3 Å². The van der Waals surface area contributed by atoms with Crippen molar-refractivity contribution >= 4 is 27.7 Å². The molecule has 1 atom stereocenters. The highest BCUT2D eigenvalue weighted by molar-refractivity contribution is 9.10. The Morgan fingerprint density at radius 3 is 2.81 bits per heavy atom. The van der Waals surface area contributed by atoms with Crippen molar-refractivity contribution in [3.63, 3.8) is 0 Å². The van der Waals surface area contributed by atoms with Gasteiger partial charge in [0, 0.05) is 22.0 Å². The van der Waals surface area contributed by atoms with Gasteiger partial charge in [0.25, 0.3) is 0 Å². The monoisotopic (exact) mass is 304 g/mol. The summed E-state index contributed by atoms with van der Waals surface area (Å²) >= 11 is 5.00. The van der Waals surface area contributed by atoms with Gasteiger partial charge in [-0.2, -0.15) is 0 Å². The molecule has 1 aromatic heterocycles. The number of likely N-dealkylation sites (N-methyl/N-ethyl adjacent to an activating group) is 1. The molecular formula is C11H17BrN2OS. The standard InChI is InChI=1S/C11H17BrN2OS/c1-3-14-11(2,7-15)8-16-10-5-4-9(12)6-13-10/h4-6,14-15H,3,7-8H2,1-2H3. The molecule has 2 N–H and O–H groups in total. The van der Waals surface area contributed by atoms with E-state index >= 15 is 0 Å². The van der Waals surface area contributed by atoms with Crippen molar-refractivity contribution in [3.8, 4) is 0 Å². The van der Waals surface area contributed by atoms with Crippen LogP contribution in [0.1, 0.15) is 13.8 Å². The number of aromatic nitrogens is 1. The SMILES string of the molecule is CCNC(C)(CO)CSc1ccc(Br)cn1. The summed E-state index contributed by atoms with van der Waals surface area (Å²) in [5, 5.41) is 13.6. The number of halogens is 1. The first-order chi connectivity index (χ1) is 7.59. The summed E-state index contributed by atoms with van der Waals surface area (Å²) in [7, 11) is 0. The van der Waals surface area contributed by atoms with Gasteiger partial charge in [0.1, 0.15) is 0 Å². The van der Waals surface area contributed by atoms with Crippen LogP contribution in [-0.4, -0.2) is 34.5 Å². The Morgan fingerprint density at radius 1 is 1.56 bits per heavy atom. The first-order valence-corrected chi connectivity index (χ1v) is 6.98. The molecule has 0 aliphatic heterocycles. The number of hydrogen-bond donors (Lipinski definition) is 2. The van der Waals surface area contributed by atoms with Crippen molar-refractivity contribution < 1.29 is 5.11 Å². The number of rotatable bonds is 6. The van der Waals surface area contributed by atoms with E-state index in [0.717, 1.165) is 21.8 Å². The molecule has 1 rings (SSSR count). The molecule has 90 valence electrons. The predicted octanol–water partition coefficient (Wildman–Crippen LogP) is 2.30. The molecule has 0 amide bonds. The van der Waals surface area contributed by atoms with Crippen LogP contribution in [0.4, 0.5) is 0 Å². The lowest BCUT2D eigenvalue weighted by Crippen LogP contribution is -2.47. The van der Waals surface area contributed by atoms with Gasteiger partial charge >= 0.3 is 0 Å². The Bertz CT molecular complexity index is 320. The molecule has 0 saturated heterocycles. The van der Waals surface area contributed by atoms with Crippen LogP contribution in [0.2, 0.25) is 0 Å². The van der Waals surface area contributed by atoms with E-state index in [1.54, 1.807) is 18.0 Å². The molecule has 0 aromatic carbocycles. The highest BCUT2D eigenvalue weighted by atomic mass is 79.9. The van der Waals surface area contributed by atoms with Crippen molar-refractivity contribution in [2.75, 3.05) is 18.9 Å². The quantitative estimate of drug-likeness (QED) is 0.792. The highest BCUT2D eigenvalue weighted by Gasteiger charge is 2.22. The largest absolute Gasteiger partial charge is 0.394 e. The molecule has 16 heavy (non-hydrogen) atoms. The van der Waals surface area contributed by atoms with Crippen molar-refractivity contribution in [3.05, 3.63) is 22.8 Å². The first-order valence-electron chi connectivity index (χ1n) is 5.20. The molecule has 1 unspecified atom stereocenters. The van der Waals surface area contributed by atoms with Crippen molar-refractivity contribution in [2.24, 2.45) is 0 Å². The van der Waals surface area contributed by atoms with E-state index in [0.29, 0.717) is 0 Å². The fourth-order valence-electron chi connectivity index (χ4n) is 1.26. The zero-order chi connectivity index (χ0) is 12.0. The third-order valence-electron chi connectivity index (χ3n) is 2.19. The van der Waals surface area contributed by atoms with E-state index in [9.17, 15) is 5.11 Å². The van der Waals surface area contributed by atoms with E-state index in [1.807, 2.05) is 26.0 Å². The average molecular weight is 305 g/mol. The zero-order valence-electron chi connectivity index (χ0n) is 9.53. The molecule has 0 aliphatic carbocycles. The molecule has 3 nitrogen and oxygen atoms in total. The summed E-state index contributed by atoms with van der Waals surface area (Å²) in [5.74, 6) is 0.798. The fourth-order valence-corrected chi connectivity index (χ4v) is 2.45. The molecule has 1 heterocycles. The molecule has 0 radical (unpaired) electrons. The number of pyridine rings is 1. The Kier molecular flexibility index (Phi) is 5.75. The topological polar surface area (TPSA) is 45.1 Å². The van der Waals surface area contributed by atoms with E-state index in [1.165, 1.54) is 0 Å². The Balaban J connectivity index is 2.52. The van der Waals surface area contributed by atoms with Crippen LogP contribution < -0.4 is 5.32 Å².